The van der Waals surface area contributed by atoms with E-state index < -0.39 is 5.54 Å². The fourth-order valence-corrected chi connectivity index (χ4v) is 4.49. The van der Waals surface area contributed by atoms with Crippen LogP contribution in [0.4, 0.5) is 0 Å². The summed E-state index contributed by atoms with van der Waals surface area (Å²) in [6, 6.07) is 1.68. The Bertz CT molecular complexity index is 843. The molecule has 2 aliphatic heterocycles. The summed E-state index contributed by atoms with van der Waals surface area (Å²) < 4.78 is 6.82. The summed E-state index contributed by atoms with van der Waals surface area (Å²) in [6.07, 6.45) is 4.18. The zero-order valence-electron chi connectivity index (χ0n) is 18.4. The van der Waals surface area contributed by atoms with E-state index in [1.807, 2.05) is 0 Å². The minimum Gasteiger partial charge on any atom is -0.379 e. The van der Waals surface area contributed by atoms with Crippen LogP contribution >= 0.6 is 0 Å². The number of aromatic nitrogens is 2. The zero-order chi connectivity index (χ0) is 22.0. The Labute approximate surface area is 182 Å². The highest BCUT2D eigenvalue weighted by Gasteiger charge is 2.46. The van der Waals surface area contributed by atoms with Crippen LogP contribution in [0.15, 0.2) is 6.07 Å². The summed E-state index contributed by atoms with van der Waals surface area (Å²) in [5.41, 5.74) is -0.533. The van der Waals surface area contributed by atoms with E-state index in [4.69, 9.17) is 4.74 Å². The summed E-state index contributed by atoms with van der Waals surface area (Å²) in [6.45, 7) is 6.34. The normalized spacial score (nSPS) is 24.8. The van der Waals surface area contributed by atoms with Crippen LogP contribution in [0.5, 0.6) is 0 Å². The van der Waals surface area contributed by atoms with Crippen molar-refractivity contribution in [3.05, 3.63) is 17.5 Å². The van der Waals surface area contributed by atoms with Crippen molar-refractivity contribution < 1.29 is 19.1 Å². The topological polar surface area (TPSA) is 109 Å². The highest BCUT2D eigenvalue weighted by Crippen LogP contribution is 2.27. The van der Waals surface area contributed by atoms with E-state index in [-0.39, 0.29) is 36.0 Å². The van der Waals surface area contributed by atoms with Crippen LogP contribution in [0, 0.1) is 0 Å². The van der Waals surface area contributed by atoms with Gasteiger partial charge in [0.1, 0.15) is 11.2 Å². The Hall–Kier alpha value is -2.46. The lowest BCUT2D eigenvalue weighted by Crippen LogP contribution is -2.63. The van der Waals surface area contributed by atoms with Crippen LogP contribution in [0.1, 0.15) is 53.6 Å². The van der Waals surface area contributed by atoms with Gasteiger partial charge in [-0.25, -0.2) is 0 Å². The highest BCUT2D eigenvalue weighted by molar-refractivity contribution is 6.01. The molecule has 0 spiro atoms. The van der Waals surface area contributed by atoms with Gasteiger partial charge < -0.3 is 20.3 Å². The molecule has 0 radical (unpaired) electrons. The molecule has 2 N–H and O–H groups in total. The Morgan fingerprint density at radius 3 is 2.68 bits per heavy atom. The van der Waals surface area contributed by atoms with E-state index in [1.54, 1.807) is 14.0 Å². The van der Waals surface area contributed by atoms with Crippen molar-refractivity contribution in [2.24, 2.45) is 0 Å². The molecule has 1 saturated carbocycles. The second-order valence-electron chi connectivity index (χ2n) is 8.88. The Balaban J connectivity index is 1.40. The van der Waals surface area contributed by atoms with E-state index in [9.17, 15) is 14.4 Å². The van der Waals surface area contributed by atoms with Gasteiger partial charge in [0, 0.05) is 45.3 Å². The number of nitrogens with zero attached hydrogens (tertiary/aromatic N) is 4. The number of amides is 3. The van der Waals surface area contributed by atoms with Gasteiger partial charge in [0.05, 0.1) is 19.8 Å². The quantitative estimate of drug-likeness (QED) is 0.647. The molecule has 170 valence electrons. The van der Waals surface area contributed by atoms with Crippen molar-refractivity contribution in [3.63, 3.8) is 0 Å². The fourth-order valence-electron chi connectivity index (χ4n) is 4.49. The molecule has 0 aromatic carbocycles. The summed E-state index contributed by atoms with van der Waals surface area (Å²) in [5.74, 6) is -0.800. The number of carbonyl (C=O) groups is 3. The molecule has 3 amide bonds. The molecule has 31 heavy (non-hydrogen) atoms. The molecule has 10 nitrogen and oxygen atoms in total. The van der Waals surface area contributed by atoms with Crippen molar-refractivity contribution in [1.29, 1.82) is 0 Å². The van der Waals surface area contributed by atoms with Crippen LogP contribution in [0.25, 0.3) is 0 Å². The van der Waals surface area contributed by atoms with Crippen LogP contribution in [0.2, 0.25) is 0 Å². The number of hydrogen-bond donors (Lipinski definition) is 2. The summed E-state index contributed by atoms with van der Waals surface area (Å²) >= 11 is 0. The molecule has 0 bridgehead atoms. The molecule has 2 fully saturated rings. The van der Waals surface area contributed by atoms with E-state index in [0.29, 0.717) is 25.5 Å². The first-order chi connectivity index (χ1) is 14.9. The second-order valence-corrected chi connectivity index (χ2v) is 8.88. The molecule has 1 aromatic rings. The molecular weight excluding hydrogens is 400 g/mol. The standard InChI is InChI=1S/C21H32N6O4/c1-21(20(30)23-15-5-3-4-6-15)14-27-17(19(29)25(21)2)13-16(24-27)18(28)22-7-8-26-9-11-31-12-10-26/h13,15H,3-12,14H2,1-2H3,(H,22,28)(H,23,30). The third kappa shape index (κ3) is 4.45. The van der Waals surface area contributed by atoms with Gasteiger partial charge in [-0.2, -0.15) is 5.10 Å². The Morgan fingerprint density at radius 2 is 1.97 bits per heavy atom. The van der Waals surface area contributed by atoms with Crippen LogP contribution in [-0.4, -0.2) is 95.3 Å². The van der Waals surface area contributed by atoms with Crippen molar-refractivity contribution in [2.75, 3.05) is 46.4 Å². The average molecular weight is 433 g/mol. The van der Waals surface area contributed by atoms with Crippen LogP contribution in [-0.2, 0) is 16.1 Å². The summed E-state index contributed by atoms with van der Waals surface area (Å²) in [5, 5.41) is 10.3. The monoisotopic (exact) mass is 432 g/mol. The third-order valence-electron chi connectivity index (χ3n) is 6.73. The molecule has 10 heteroatoms. The van der Waals surface area contributed by atoms with E-state index in [2.05, 4.69) is 20.6 Å². The van der Waals surface area contributed by atoms with Crippen molar-refractivity contribution in [2.45, 2.75) is 50.7 Å². The molecular formula is C21H32N6O4. The number of rotatable bonds is 6. The SMILES string of the molecule is CN1C(=O)c2cc(C(=O)NCCN3CCOCC3)nn2CC1(C)C(=O)NC1CCCC1. The number of morpholine rings is 1. The van der Waals surface area contributed by atoms with E-state index in [1.165, 1.54) is 15.6 Å². The Morgan fingerprint density at radius 1 is 1.26 bits per heavy atom. The number of ether oxygens (including phenoxy) is 1. The molecule has 1 atom stereocenters. The van der Waals surface area contributed by atoms with Gasteiger partial charge in [-0.3, -0.25) is 24.0 Å². The smallest absolute Gasteiger partial charge is 0.272 e. The van der Waals surface area contributed by atoms with Gasteiger partial charge >= 0.3 is 0 Å². The summed E-state index contributed by atoms with van der Waals surface area (Å²) in [7, 11) is 1.63. The first kappa shape index (κ1) is 21.8. The van der Waals surface area contributed by atoms with Gasteiger partial charge in [-0.15, -0.1) is 0 Å². The molecule has 3 aliphatic rings. The van der Waals surface area contributed by atoms with Gasteiger partial charge in [0.15, 0.2) is 5.69 Å². The van der Waals surface area contributed by atoms with Gasteiger partial charge in [-0.05, 0) is 19.8 Å². The van der Waals surface area contributed by atoms with Crippen molar-refractivity contribution in [3.8, 4) is 0 Å². The van der Waals surface area contributed by atoms with Crippen LogP contribution < -0.4 is 10.6 Å². The van der Waals surface area contributed by atoms with Gasteiger partial charge in [0.2, 0.25) is 5.91 Å². The first-order valence-corrected chi connectivity index (χ1v) is 11.1. The molecule has 1 aliphatic carbocycles. The van der Waals surface area contributed by atoms with Crippen molar-refractivity contribution >= 4 is 17.7 Å². The minimum absolute atomic E-state index is 0.166. The molecule has 1 aromatic heterocycles. The lowest BCUT2D eigenvalue weighted by Gasteiger charge is -2.41. The predicted molar refractivity (Wildman–Crippen MR) is 113 cm³/mol. The predicted octanol–water partition coefficient (Wildman–Crippen LogP) is -0.152. The zero-order valence-corrected chi connectivity index (χ0v) is 18.4. The maximum absolute atomic E-state index is 13.0. The second kappa shape index (κ2) is 8.96. The number of fused-ring (bicyclic) bond motifs is 1. The van der Waals surface area contributed by atoms with Crippen LogP contribution in [0.3, 0.4) is 0 Å². The summed E-state index contributed by atoms with van der Waals surface area (Å²) in [4.78, 5) is 42.3. The maximum atomic E-state index is 13.0. The average Bonchev–Trinajstić information content (AvgIpc) is 3.43. The number of hydrogen-bond acceptors (Lipinski definition) is 6. The minimum atomic E-state index is -1.05. The molecule has 1 saturated heterocycles. The fraction of sp³-hybridized carbons (Fsp3) is 0.714. The largest absolute Gasteiger partial charge is 0.379 e. The number of likely N-dealkylation sites (N-methyl/N-ethyl adjacent to an activating group) is 1. The highest BCUT2D eigenvalue weighted by atomic mass is 16.5. The van der Waals surface area contributed by atoms with E-state index >= 15 is 0 Å². The Kier molecular flexibility index (Phi) is 6.29. The maximum Gasteiger partial charge on any atom is 0.272 e. The lowest BCUT2D eigenvalue weighted by atomic mass is 9.95. The van der Waals surface area contributed by atoms with Gasteiger partial charge in [-0.1, -0.05) is 12.8 Å². The molecule has 1 unspecified atom stereocenters. The number of carbonyl (C=O) groups excluding carboxylic acids is 3. The third-order valence-corrected chi connectivity index (χ3v) is 6.73. The first-order valence-electron chi connectivity index (χ1n) is 11.1. The molecule has 4 rings (SSSR count). The van der Waals surface area contributed by atoms with E-state index in [0.717, 1.165) is 45.3 Å². The van der Waals surface area contributed by atoms with Gasteiger partial charge in [0.25, 0.3) is 11.8 Å². The number of nitrogens with one attached hydrogen (secondary N) is 2. The van der Waals surface area contributed by atoms with Crippen molar-refractivity contribution in [1.82, 2.24) is 30.2 Å². The lowest BCUT2D eigenvalue weighted by molar-refractivity contribution is -0.133. The molecule has 3 heterocycles.